The molecule has 0 saturated carbocycles. The summed E-state index contributed by atoms with van der Waals surface area (Å²) in [5.74, 6) is -2.31. The van der Waals surface area contributed by atoms with Crippen molar-refractivity contribution in [3.05, 3.63) is 77.0 Å². The summed E-state index contributed by atoms with van der Waals surface area (Å²) in [6.07, 6.45) is 0.758. The molecule has 33 heavy (non-hydrogen) atoms. The lowest BCUT2D eigenvalue weighted by Gasteiger charge is -2.13. The Morgan fingerprint density at radius 3 is 1.64 bits per heavy atom. The fourth-order valence-electron chi connectivity index (χ4n) is 3.11. The van der Waals surface area contributed by atoms with Gasteiger partial charge in [0, 0.05) is 6.20 Å². The number of methoxy groups -OCH3 is 2. The average molecular weight is 492 g/mol. The Morgan fingerprint density at radius 2 is 1.18 bits per heavy atom. The third-order valence-electron chi connectivity index (χ3n) is 4.89. The third-order valence-corrected chi connectivity index (χ3v) is 8.48. The number of aryl methyl sites for hydroxylation is 2. The number of carbonyl (C=O) groups excluding carboxylic acids is 2. The molecule has 0 radical (unpaired) electrons. The van der Waals surface area contributed by atoms with Crippen molar-refractivity contribution in [1.82, 2.24) is 3.97 Å². The van der Waals surface area contributed by atoms with Gasteiger partial charge in [0.2, 0.25) is 9.84 Å². The van der Waals surface area contributed by atoms with Crippen molar-refractivity contribution in [2.45, 2.75) is 28.7 Å². The van der Waals surface area contributed by atoms with Gasteiger partial charge in [0.05, 0.1) is 29.6 Å². The first-order chi connectivity index (χ1) is 15.4. The minimum Gasteiger partial charge on any atom is -0.465 e. The molecular formula is C22H21NO8S2. The fourth-order valence-corrected chi connectivity index (χ4v) is 6.43. The van der Waals surface area contributed by atoms with E-state index in [1.54, 1.807) is 13.8 Å². The number of carbonyl (C=O) groups is 2. The van der Waals surface area contributed by atoms with E-state index in [-0.39, 0.29) is 9.79 Å². The van der Waals surface area contributed by atoms with Crippen LogP contribution in [0.5, 0.6) is 0 Å². The molecule has 0 fully saturated rings. The second-order valence-electron chi connectivity index (χ2n) is 7.14. The molecule has 174 valence electrons. The van der Waals surface area contributed by atoms with Crippen LogP contribution in [0.1, 0.15) is 31.8 Å². The number of aromatic nitrogens is 1. The standard InChI is InChI=1S/C22H21NO8S2/c1-14-5-9-16(10-6-14)32(26,27)20-19(22(25)31-4)18(21(24)30-3)13-23(20)33(28,29)17-11-7-15(2)8-12-17/h5-13H,1-4H3. The van der Waals surface area contributed by atoms with Gasteiger partial charge in [-0.05, 0) is 38.1 Å². The van der Waals surface area contributed by atoms with Crippen molar-refractivity contribution in [3.63, 3.8) is 0 Å². The van der Waals surface area contributed by atoms with Crippen LogP contribution in [0.2, 0.25) is 0 Å². The zero-order chi connectivity index (χ0) is 24.6. The van der Waals surface area contributed by atoms with Crippen molar-refractivity contribution in [3.8, 4) is 0 Å². The van der Waals surface area contributed by atoms with Crippen LogP contribution in [-0.2, 0) is 29.3 Å². The number of hydrogen-bond donors (Lipinski definition) is 0. The summed E-state index contributed by atoms with van der Waals surface area (Å²) in [5.41, 5.74) is 0.242. The van der Waals surface area contributed by atoms with Gasteiger partial charge >= 0.3 is 11.9 Å². The number of nitrogens with zero attached hydrogens (tertiary/aromatic N) is 1. The summed E-state index contributed by atoms with van der Waals surface area (Å²) < 4.78 is 64.0. The topological polar surface area (TPSA) is 126 Å². The first-order valence-electron chi connectivity index (χ1n) is 9.51. The van der Waals surface area contributed by atoms with Crippen molar-refractivity contribution in [1.29, 1.82) is 0 Å². The molecule has 0 atom stereocenters. The van der Waals surface area contributed by atoms with Crippen LogP contribution < -0.4 is 0 Å². The molecule has 0 N–H and O–H groups in total. The van der Waals surface area contributed by atoms with E-state index in [0.717, 1.165) is 31.5 Å². The summed E-state index contributed by atoms with van der Waals surface area (Å²) >= 11 is 0. The SMILES string of the molecule is COC(=O)c1cn(S(=O)(=O)c2ccc(C)cc2)c(S(=O)(=O)c2ccc(C)cc2)c1C(=O)OC. The van der Waals surface area contributed by atoms with E-state index < -0.39 is 48.0 Å². The summed E-state index contributed by atoms with van der Waals surface area (Å²) in [6.45, 7) is 3.50. The maximum atomic E-state index is 13.6. The number of rotatable bonds is 6. The molecule has 0 aliphatic heterocycles. The van der Waals surface area contributed by atoms with Gasteiger partial charge in [0.1, 0.15) is 5.56 Å². The van der Waals surface area contributed by atoms with Crippen molar-refractivity contribution in [2.24, 2.45) is 0 Å². The fraction of sp³-hybridized carbons (Fsp3) is 0.182. The van der Waals surface area contributed by atoms with Crippen LogP contribution in [0, 0.1) is 13.8 Å². The van der Waals surface area contributed by atoms with Gasteiger partial charge in [-0.2, -0.15) is 0 Å². The smallest absolute Gasteiger partial charge is 0.341 e. The Bertz CT molecular complexity index is 1430. The molecule has 0 saturated heterocycles. The minimum atomic E-state index is -4.62. The highest BCUT2D eigenvalue weighted by molar-refractivity contribution is 7.93. The van der Waals surface area contributed by atoms with E-state index in [9.17, 15) is 26.4 Å². The Kier molecular flexibility index (Phi) is 6.48. The molecule has 3 rings (SSSR count). The second-order valence-corrected chi connectivity index (χ2v) is 10.8. The maximum absolute atomic E-state index is 13.6. The van der Waals surface area contributed by atoms with Crippen LogP contribution >= 0.6 is 0 Å². The zero-order valence-electron chi connectivity index (χ0n) is 18.2. The lowest BCUT2D eigenvalue weighted by Crippen LogP contribution is -2.20. The highest BCUT2D eigenvalue weighted by atomic mass is 32.2. The second kappa shape index (κ2) is 8.83. The number of benzene rings is 2. The average Bonchev–Trinajstić information content (AvgIpc) is 3.21. The van der Waals surface area contributed by atoms with Crippen LogP contribution in [-0.4, -0.2) is 47.0 Å². The number of esters is 2. The molecule has 1 aromatic heterocycles. The Hall–Kier alpha value is -3.44. The van der Waals surface area contributed by atoms with Crippen LogP contribution in [0.15, 0.2) is 69.5 Å². The molecule has 0 aliphatic rings. The molecule has 0 bridgehead atoms. The van der Waals surface area contributed by atoms with E-state index in [0.29, 0.717) is 3.97 Å². The normalized spacial score (nSPS) is 11.8. The maximum Gasteiger partial charge on any atom is 0.341 e. The van der Waals surface area contributed by atoms with E-state index >= 15 is 0 Å². The van der Waals surface area contributed by atoms with Gasteiger partial charge < -0.3 is 9.47 Å². The molecule has 0 unspecified atom stereocenters. The van der Waals surface area contributed by atoms with Gasteiger partial charge in [-0.25, -0.2) is 30.4 Å². The molecule has 2 aromatic carbocycles. The highest BCUT2D eigenvalue weighted by Gasteiger charge is 2.39. The van der Waals surface area contributed by atoms with Crippen molar-refractivity contribution < 1.29 is 35.9 Å². The lowest BCUT2D eigenvalue weighted by molar-refractivity contribution is 0.0553. The zero-order valence-corrected chi connectivity index (χ0v) is 19.9. The largest absolute Gasteiger partial charge is 0.465 e. The summed E-state index contributed by atoms with van der Waals surface area (Å²) in [7, 11) is -7.17. The summed E-state index contributed by atoms with van der Waals surface area (Å²) in [4.78, 5) is 24.5. The van der Waals surface area contributed by atoms with Crippen molar-refractivity contribution >= 4 is 31.8 Å². The predicted molar refractivity (Wildman–Crippen MR) is 118 cm³/mol. The van der Waals surface area contributed by atoms with Gasteiger partial charge in [0.25, 0.3) is 10.0 Å². The number of hydrogen-bond acceptors (Lipinski definition) is 8. The van der Waals surface area contributed by atoms with Gasteiger partial charge in [-0.3, -0.25) is 0 Å². The molecule has 11 heteroatoms. The lowest BCUT2D eigenvalue weighted by atomic mass is 10.2. The minimum absolute atomic E-state index is 0.240. The summed E-state index contributed by atoms with van der Waals surface area (Å²) in [5, 5.41) is -0.917. The molecule has 0 aliphatic carbocycles. The summed E-state index contributed by atoms with van der Waals surface area (Å²) in [6, 6.07) is 11.3. The first kappa shape index (κ1) is 24.2. The molecule has 3 aromatic rings. The van der Waals surface area contributed by atoms with Gasteiger partial charge in [0.15, 0.2) is 5.03 Å². The third kappa shape index (κ3) is 4.29. The number of ether oxygens (including phenoxy) is 2. The van der Waals surface area contributed by atoms with Gasteiger partial charge in [-0.1, -0.05) is 35.4 Å². The monoisotopic (exact) mass is 491 g/mol. The Labute approximate surface area is 191 Å². The van der Waals surface area contributed by atoms with Gasteiger partial charge in [-0.15, -0.1) is 0 Å². The van der Waals surface area contributed by atoms with Crippen LogP contribution in [0.25, 0.3) is 0 Å². The molecule has 1 heterocycles. The van der Waals surface area contributed by atoms with Crippen LogP contribution in [0.3, 0.4) is 0 Å². The predicted octanol–water partition coefficient (Wildman–Crippen LogP) is 2.75. The molecule has 9 nitrogen and oxygen atoms in total. The Balaban J connectivity index is 2.46. The molecule has 0 amide bonds. The highest BCUT2D eigenvalue weighted by Crippen LogP contribution is 2.32. The molecular weight excluding hydrogens is 470 g/mol. The molecule has 0 spiro atoms. The first-order valence-corrected chi connectivity index (χ1v) is 12.4. The van der Waals surface area contributed by atoms with E-state index in [4.69, 9.17) is 4.74 Å². The van der Waals surface area contributed by atoms with E-state index in [1.165, 1.54) is 48.5 Å². The van der Waals surface area contributed by atoms with Crippen molar-refractivity contribution in [2.75, 3.05) is 14.2 Å². The van der Waals surface area contributed by atoms with E-state index in [1.807, 2.05) is 0 Å². The quantitative estimate of drug-likeness (QED) is 0.482. The van der Waals surface area contributed by atoms with Crippen LogP contribution in [0.4, 0.5) is 0 Å². The number of sulfone groups is 1. The Morgan fingerprint density at radius 1 is 0.727 bits per heavy atom. The van der Waals surface area contributed by atoms with E-state index in [2.05, 4.69) is 4.74 Å².